The number of hydrogen-bond donors (Lipinski definition) is 0. The van der Waals surface area contributed by atoms with E-state index in [1.54, 1.807) is 19.2 Å². The van der Waals surface area contributed by atoms with E-state index >= 15 is 0 Å². The summed E-state index contributed by atoms with van der Waals surface area (Å²) < 4.78 is 8.29. The number of rotatable bonds is 5. The summed E-state index contributed by atoms with van der Waals surface area (Å²) in [7, 11) is 0. The molecular weight excluding hydrogens is 514 g/mol. The Bertz CT molecular complexity index is 1610. The van der Waals surface area contributed by atoms with Crippen LogP contribution in [0.3, 0.4) is 0 Å². The lowest BCUT2D eigenvalue weighted by Crippen LogP contribution is -2.20. The van der Waals surface area contributed by atoms with Gasteiger partial charge in [-0.25, -0.2) is 4.98 Å². The first kappa shape index (κ1) is 22.3. The summed E-state index contributed by atoms with van der Waals surface area (Å²) in [4.78, 5) is 17.7. The van der Waals surface area contributed by atoms with Crippen LogP contribution in [0.2, 0.25) is 5.02 Å². The highest BCUT2D eigenvalue weighted by molar-refractivity contribution is 9.10. The largest absolute Gasteiger partial charge is 0.488 e. The number of aryl methyl sites for hydroxylation is 1. The first-order valence-corrected chi connectivity index (χ1v) is 11.8. The van der Waals surface area contributed by atoms with Gasteiger partial charge < -0.3 is 4.74 Å². The van der Waals surface area contributed by atoms with Crippen molar-refractivity contribution >= 4 is 55.4 Å². The first-order chi connectivity index (χ1) is 16.5. The number of hydrogen-bond acceptors (Lipinski definition) is 4. The van der Waals surface area contributed by atoms with Crippen molar-refractivity contribution in [2.75, 3.05) is 0 Å². The van der Waals surface area contributed by atoms with Crippen LogP contribution in [0.5, 0.6) is 5.75 Å². The van der Waals surface area contributed by atoms with Gasteiger partial charge in [-0.1, -0.05) is 70.0 Å². The van der Waals surface area contributed by atoms with Gasteiger partial charge in [-0.15, -0.1) is 0 Å². The molecule has 0 saturated carbocycles. The molecule has 1 heterocycles. The molecule has 0 bridgehead atoms. The van der Waals surface area contributed by atoms with Gasteiger partial charge in [0, 0.05) is 15.1 Å². The summed E-state index contributed by atoms with van der Waals surface area (Å²) in [5.41, 5.74) is 2.18. The highest BCUT2D eigenvalue weighted by Crippen LogP contribution is 2.28. The first-order valence-electron chi connectivity index (χ1n) is 10.6. The second-order valence-corrected chi connectivity index (χ2v) is 9.15. The van der Waals surface area contributed by atoms with Crippen LogP contribution >= 0.6 is 27.5 Å². The molecule has 4 aromatic carbocycles. The van der Waals surface area contributed by atoms with E-state index in [-0.39, 0.29) is 5.56 Å². The van der Waals surface area contributed by atoms with Crippen LogP contribution < -0.4 is 10.3 Å². The summed E-state index contributed by atoms with van der Waals surface area (Å²) in [5, 5.41) is 7.73. The van der Waals surface area contributed by atoms with E-state index in [1.807, 2.05) is 72.8 Å². The van der Waals surface area contributed by atoms with Gasteiger partial charge in [-0.2, -0.15) is 9.78 Å². The summed E-state index contributed by atoms with van der Waals surface area (Å²) in [6.45, 7) is 2.14. The number of benzene rings is 4. The molecule has 0 aliphatic rings. The Morgan fingerprint density at radius 1 is 1.03 bits per heavy atom. The fraction of sp³-hybridized carbons (Fsp3) is 0.0741. The second-order valence-electron chi connectivity index (χ2n) is 7.80. The molecule has 0 amide bonds. The molecule has 0 spiro atoms. The molecule has 0 unspecified atom stereocenters. The summed E-state index contributed by atoms with van der Waals surface area (Å²) >= 11 is 9.42. The van der Waals surface area contributed by atoms with Crippen LogP contribution in [0, 0.1) is 6.92 Å². The second kappa shape index (κ2) is 9.41. The molecular formula is C27H19BrClN3O2. The van der Waals surface area contributed by atoms with Gasteiger partial charge in [0.1, 0.15) is 18.2 Å². The maximum atomic E-state index is 13.2. The minimum Gasteiger partial charge on any atom is -0.488 e. The number of aromatic nitrogens is 2. The van der Waals surface area contributed by atoms with Crippen LogP contribution in [-0.2, 0) is 6.61 Å². The Morgan fingerprint density at radius 2 is 1.82 bits per heavy atom. The zero-order chi connectivity index (χ0) is 23.7. The Labute approximate surface area is 209 Å². The molecule has 0 atom stereocenters. The van der Waals surface area contributed by atoms with Gasteiger partial charge in [0.25, 0.3) is 5.56 Å². The smallest absolute Gasteiger partial charge is 0.282 e. The van der Waals surface area contributed by atoms with Crippen molar-refractivity contribution in [2.45, 2.75) is 13.5 Å². The van der Waals surface area contributed by atoms with Crippen LogP contribution in [0.4, 0.5) is 0 Å². The van der Waals surface area contributed by atoms with E-state index in [9.17, 15) is 4.79 Å². The number of ether oxygens (including phenoxy) is 1. The Balaban J connectivity index is 1.58. The van der Waals surface area contributed by atoms with Crippen LogP contribution in [0.25, 0.3) is 21.7 Å². The van der Waals surface area contributed by atoms with Gasteiger partial charge >= 0.3 is 0 Å². The van der Waals surface area contributed by atoms with Crippen LogP contribution in [0.1, 0.15) is 17.0 Å². The summed E-state index contributed by atoms with van der Waals surface area (Å²) in [6.07, 6.45) is 1.67. The number of halogens is 2. The predicted molar refractivity (Wildman–Crippen MR) is 141 cm³/mol. The zero-order valence-electron chi connectivity index (χ0n) is 18.2. The Kier molecular flexibility index (Phi) is 6.18. The molecule has 1 aromatic heterocycles. The maximum absolute atomic E-state index is 13.2. The zero-order valence-corrected chi connectivity index (χ0v) is 20.5. The molecule has 0 aliphatic carbocycles. The lowest BCUT2D eigenvalue weighted by atomic mass is 10.0. The third-order valence-electron chi connectivity index (χ3n) is 5.51. The minimum atomic E-state index is -0.232. The quantitative estimate of drug-likeness (QED) is 0.236. The molecule has 0 aliphatic heterocycles. The van der Waals surface area contributed by atoms with E-state index in [1.165, 1.54) is 4.68 Å². The third-order valence-corrected chi connectivity index (χ3v) is 6.26. The Morgan fingerprint density at radius 3 is 2.65 bits per heavy atom. The average molecular weight is 533 g/mol. The fourth-order valence-corrected chi connectivity index (χ4v) is 4.27. The highest BCUT2D eigenvalue weighted by atomic mass is 79.9. The van der Waals surface area contributed by atoms with Crippen molar-refractivity contribution < 1.29 is 4.74 Å². The maximum Gasteiger partial charge on any atom is 0.282 e. The highest BCUT2D eigenvalue weighted by Gasteiger charge is 2.11. The minimum absolute atomic E-state index is 0.232. The van der Waals surface area contributed by atoms with Crippen molar-refractivity contribution in [3.63, 3.8) is 0 Å². The van der Waals surface area contributed by atoms with E-state index in [0.717, 1.165) is 26.4 Å². The molecule has 168 valence electrons. The SMILES string of the molecule is Cc1nc2ccc(Br)cc2c(=O)n1N=Cc1c(OCc2ccc(Cl)cc2)ccc2ccccc12. The van der Waals surface area contributed by atoms with Gasteiger partial charge in [-0.3, -0.25) is 4.79 Å². The summed E-state index contributed by atoms with van der Waals surface area (Å²) in [5.74, 6) is 1.17. The van der Waals surface area contributed by atoms with Crippen LogP contribution in [-0.4, -0.2) is 15.9 Å². The van der Waals surface area contributed by atoms with E-state index < -0.39 is 0 Å². The fourth-order valence-electron chi connectivity index (χ4n) is 3.79. The Hall–Kier alpha value is -3.48. The lowest BCUT2D eigenvalue weighted by Gasteiger charge is -2.12. The van der Waals surface area contributed by atoms with Gasteiger partial charge in [0.05, 0.1) is 17.1 Å². The average Bonchev–Trinajstić information content (AvgIpc) is 2.84. The van der Waals surface area contributed by atoms with Crippen molar-refractivity contribution in [1.29, 1.82) is 0 Å². The number of nitrogens with zero attached hydrogens (tertiary/aromatic N) is 3. The van der Waals surface area contributed by atoms with Crippen molar-refractivity contribution in [1.82, 2.24) is 9.66 Å². The molecule has 0 fully saturated rings. The number of fused-ring (bicyclic) bond motifs is 2. The third kappa shape index (κ3) is 4.47. The van der Waals surface area contributed by atoms with Gasteiger partial charge in [0.15, 0.2) is 0 Å². The normalized spacial score (nSPS) is 11.5. The lowest BCUT2D eigenvalue weighted by molar-refractivity contribution is 0.306. The monoisotopic (exact) mass is 531 g/mol. The van der Waals surface area contributed by atoms with Crippen LogP contribution in [0.15, 0.2) is 93.2 Å². The molecule has 0 N–H and O–H groups in total. The molecule has 5 nitrogen and oxygen atoms in total. The van der Waals surface area contributed by atoms with E-state index in [4.69, 9.17) is 16.3 Å². The van der Waals surface area contributed by atoms with Crippen molar-refractivity contribution in [2.24, 2.45) is 5.10 Å². The van der Waals surface area contributed by atoms with Gasteiger partial charge in [0.2, 0.25) is 0 Å². The molecule has 7 heteroatoms. The van der Waals surface area contributed by atoms with Crippen molar-refractivity contribution in [3.8, 4) is 5.75 Å². The molecule has 34 heavy (non-hydrogen) atoms. The molecule has 0 radical (unpaired) electrons. The predicted octanol–water partition coefficient (Wildman–Crippen LogP) is 6.74. The standard InChI is InChI=1S/C27H19BrClN3O2/c1-17-31-25-12-9-20(28)14-23(25)27(33)32(17)30-15-24-22-5-3-2-4-19(22)8-13-26(24)34-16-18-6-10-21(29)11-7-18/h2-15H,16H2,1H3. The van der Waals surface area contributed by atoms with E-state index in [2.05, 4.69) is 26.0 Å². The molecule has 0 saturated heterocycles. The van der Waals surface area contributed by atoms with E-state index in [0.29, 0.717) is 34.1 Å². The van der Waals surface area contributed by atoms with Crippen molar-refractivity contribution in [3.05, 3.63) is 116 Å². The molecule has 5 aromatic rings. The molecule has 5 rings (SSSR count). The van der Waals surface area contributed by atoms with Gasteiger partial charge in [-0.05, 0) is 59.7 Å². The summed E-state index contributed by atoms with van der Waals surface area (Å²) in [6, 6.07) is 24.9. The topological polar surface area (TPSA) is 56.5 Å².